The minimum atomic E-state index is -3.62. The molecule has 1 saturated heterocycles. The summed E-state index contributed by atoms with van der Waals surface area (Å²) in [4.78, 5) is 0.209. The number of aryl methyl sites for hydroxylation is 1. The van der Waals surface area contributed by atoms with E-state index in [1.807, 2.05) is 6.92 Å². The topological polar surface area (TPSA) is 52.6 Å². The molecule has 0 aliphatic carbocycles. The molecule has 0 unspecified atom stereocenters. The summed E-state index contributed by atoms with van der Waals surface area (Å²) in [6, 6.07) is 6.65. The van der Waals surface area contributed by atoms with E-state index in [1.165, 1.54) is 0 Å². The van der Waals surface area contributed by atoms with E-state index in [0.717, 1.165) is 25.0 Å². The van der Waals surface area contributed by atoms with Gasteiger partial charge in [0.05, 0.1) is 17.6 Å². The Balaban J connectivity index is 1.88. The Hall–Kier alpha value is -0.910. The van der Waals surface area contributed by atoms with Gasteiger partial charge < -0.3 is 4.74 Å². The summed E-state index contributed by atoms with van der Waals surface area (Å²) in [6.07, 6.45) is 2.83. The van der Waals surface area contributed by atoms with E-state index in [4.69, 9.17) is 8.92 Å². The van der Waals surface area contributed by atoms with Crippen LogP contribution in [0, 0.1) is 6.92 Å². The fourth-order valence-electron chi connectivity index (χ4n) is 1.93. The highest BCUT2D eigenvalue weighted by Gasteiger charge is 2.18. The Morgan fingerprint density at radius 2 is 2.06 bits per heavy atom. The van der Waals surface area contributed by atoms with Gasteiger partial charge in [-0.2, -0.15) is 8.42 Å². The zero-order chi connectivity index (χ0) is 13.0. The second kappa shape index (κ2) is 5.82. The van der Waals surface area contributed by atoms with E-state index < -0.39 is 10.1 Å². The average Bonchev–Trinajstić information content (AvgIpc) is 2.82. The number of benzene rings is 1. The molecule has 18 heavy (non-hydrogen) atoms. The lowest BCUT2D eigenvalue weighted by Gasteiger charge is -2.09. The first-order chi connectivity index (χ1) is 8.58. The van der Waals surface area contributed by atoms with Crippen molar-refractivity contribution in [1.82, 2.24) is 0 Å². The van der Waals surface area contributed by atoms with Gasteiger partial charge in [0.1, 0.15) is 0 Å². The van der Waals surface area contributed by atoms with Crippen LogP contribution in [0.25, 0.3) is 0 Å². The van der Waals surface area contributed by atoms with Crippen LogP contribution < -0.4 is 0 Å². The van der Waals surface area contributed by atoms with Gasteiger partial charge >= 0.3 is 0 Å². The third-order valence-corrected chi connectivity index (χ3v) is 4.34. The number of hydrogen-bond acceptors (Lipinski definition) is 4. The molecule has 0 bridgehead atoms. The summed E-state index contributed by atoms with van der Waals surface area (Å²) in [7, 11) is -3.62. The molecule has 1 aliphatic rings. The van der Waals surface area contributed by atoms with E-state index in [0.29, 0.717) is 6.42 Å². The van der Waals surface area contributed by atoms with Crippen molar-refractivity contribution < 1.29 is 17.3 Å². The van der Waals surface area contributed by atoms with Crippen LogP contribution in [0.5, 0.6) is 0 Å². The van der Waals surface area contributed by atoms with E-state index in [2.05, 4.69) is 0 Å². The highest BCUT2D eigenvalue weighted by atomic mass is 32.2. The van der Waals surface area contributed by atoms with Crippen molar-refractivity contribution in [1.29, 1.82) is 0 Å². The fourth-order valence-corrected chi connectivity index (χ4v) is 2.86. The van der Waals surface area contributed by atoms with Gasteiger partial charge in [-0.3, -0.25) is 4.18 Å². The zero-order valence-electron chi connectivity index (χ0n) is 10.5. The first-order valence-electron chi connectivity index (χ1n) is 6.16. The van der Waals surface area contributed by atoms with E-state index in [1.54, 1.807) is 24.3 Å². The smallest absolute Gasteiger partial charge is 0.296 e. The maximum absolute atomic E-state index is 11.9. The van der Waals surface area contributed by atoms with Crippen LogP contribution in [0.15, 0.2) is 29.2 Å². The molecule has 2 rings (SSSR count). The minimum absolute atomic E-state index is 0.151. The lowest BCUT2D eigenvalue weighted by atomic mass is 10.2. The van der Waals surface area contributed by atoms with Crippen LogP contribution in [-0.2, 0) is 19.0 Å². The van der Waals surface area contributed by atoms with Crippen molar-refractivity contribution in [2.75, 3.05) is 13.2 Å². The number of ether oxygens (including phenoxy) is 1. The summed E-state index contributed by atoms with van der Waals surface area (Å²) < 4.78 is 34.1. The summed E-state index contributed by atoms with van der Waals surface area (Å²) in [6.45, 7) is 2.87. The van der Waals surface area contributed by atoms with Crippen molar-refractivity contribution in [2.45, 2.75) is 37.2 Å². The Labute approximate surface area is 108 Å². The molecule has 1 fully saturated rings. The molecule has 1 atom stereocenters. The van der Waals surface area contributed by atoms with Crippen LogP contribution in [0.4, 0.5) is 0 Å². The molecule has 1 heterocycles. The van der Waals surface area contributed by atoms with Crippen LogP contribution in [0.2, 0.25) is 0 Å². The Morgan fingerprint density at radius 3 is 2.67 bits per heavy atom. The molecule has 1 aliphatic heterocycles. The second-order valence-electron chi connectivity index (χ2n) is 4.51. The predicted molar refractivity (Wildman–Crippen MR) is 67.9 cm³/mol. The Morgan fingerprint density at radius 1 is 1.33 bits per heavy atom. The Bertz CT molecular complexity index is 472. The van der Waals surface area contributed by atoms with Gasteiger partial charge in [0.25, 0.3) is 10.1 Å². The number of rotatable bonds is 5. The third kappa shape index (κ3) is 3.54. The van der Waals surface area contributed by atoms with Crippen LogP contribution in [0.1, 0.15) is 24.8 Å². The zero-order valence-corrected chi connectivity index (χ0v) is 11.3. The maximum atomic E-state index is 11.9. The first kappa shape index (κ1) is 13.5. The van der Waals surface area contributed by atoms with Crippen molar-refractivity contribution in [3.8, 4) is 0 Å². The number of hydrogen-bond donors (Lipinski definition) is 0. The minimum Gasteiger partial charge on any atom is -0.378 e. The van der Waals surface area contributed by atoms with Crippen molar-refractivity contribution >= 4 is 10.1 Å². The van der Waals surface area contributed by atoms with Gasteiger partial charge in [-0.25, -0.2) is 0 Å². The molecular formula is C13H18O4S. The predicted octanol–water partition coefficient (Wildman–Crippen LogP) is 2.27. The van der Waals surface area contributed by atoms with Gasteiger partial charge in [0, 0.05) is 6.61 Å². The van der Waals surface area contributed by atoms with Gasteiger partial charge in [-0.15, -0.1) is 0 Å². The summed E-state index contributed by atoms with van der Waals surface area (Å²) in [5, 5.41) is 0. The summed E-state index contributed by atoms with van der Waals surface area (Å²) in [5.41, 5.74) is 1.02. The fraction of sp³-hybridized carbons (Fsp3) is 0.538. The molecular weight excluding hydrogens is 252 g/mol. The molecule has 1 aromatic rings. The quantitative estimate of drug-likeness (QED) is 0.770. The van der Waals surface area contributed by atoms with Gasteiger partial charge in [-0.05, 0) is 38.3 Å². The summed E-state index contributed by atoms with van der Waals surface area (Å²) in [5.74, 6) is 0. The first-order valence-corrected chi connectivity index (χ1v) is 7.56. The van der Waals surface area contributed by atoms with Gasteiger partial charge in [-0.1, -0.05) is 17.7 Å². The van der Waals surface area contributed by atoms with E-state index in [-0.39, 0.29) is 17.6 Å². The SMILES string of the molecule is Cc1ccc(S(=O)(=O)OCC[C@@H]2CCCO2)cc1. The third-order valence-electron chi connectivity index (χ3n) is 3.01. The molecule has 5 heteroatoms. The van der Waals surface area contributed by atoms with Crippen molar-refractivity contribution in [3.63, 3.8) is 0 Å². The Kier molecular flexibility index (Phi) is 4.37. The largest absolute Gasteiger partial charge is 0.378 e. The molecule has 1 aromatic carbocycles. The van der Waals surface area contributed by atoms with E-state index in [9.17, 15) is 8.42 Å². The van der Waals surface area contributed by atoms with Crippen molar-refractivity contribution in [2.24, 2.45) is 0 Å². The molecule has 0 amide bonds. The highest BCUT2D eigenvalue weighted by molar-refractivity contribution is 7.86. The van der Waals surface area contributed by atoms with Crippen molar-refractivity contribution in [3.05, 3.63) is 29.8 Å². The monoisotopic (exact) mass is 270 g/mol. The highest BCUT2D eigenvalue weighted by Crippen LogP contribution is 2.17. The summed E-state index contributed by atoms with van der Waals surface area (Å²) >= 11 is 0. The molecule has 0 radical (unpaired) electrons. The molecule has 4 nitrogen and oxygen atoms in total. The molecule has 0 aromatic heterocycles. The average molecular weight is 270 g/mol. The van der Waals surface area contributed by atoms with Crippen LogP contribution >= 0.6 is 0 Å². The molecule has 0 saturated carbocycles. The standard InChI is InChI=1S/C13H18O4S/c1-11-4-6-13(7-5-11)18(14,15)17-10-8-12-3-2-9-16-12/h4-7,12H,2-3,8-10H2,1H3/t12-/m0/s1. The lowest BCUT2D eigenvalue weighted by Crippen LogP contribution is -2.13. The maximum Gasteiger partial charge on any atom is 0.296 e. The van der Waals surface area contributed by atoms with Crippen LogP contribution in [-0.4, -0.2) is 27.7 Å². The van der Waals surface area contributed by atoms with Gasteiger partial charge in [0.15, 0.2) is 0 Å². The lowest BCUT2D eigenvalue weighted by molar-refractivity contribution is 0.0913. The van der Waals surface area contributed by atoms with Crippen LogP contribution in [0.3, 0.4) is 0 Å². The second-order valence-corrected chi connectivity index (χ2v) is 6.13. The molecule has 100 valence electrons. The van der Waals surface area contributed by atoms with Gasteiger partial charge in [0.2, 0.25) is 0 Å². The molecule has 0 N–H and O–H groups in total. The van der Waals surface area contributed by atoms with E-state index >= 15 is 0 Å². The molecule has 0 spiro atoms. The normalized spacial score (nSPS) is 20.2.